The van der Waals surface area contributed by atoms with Gasteiger partial charge in [0.25, 0.3) is 0 Å². The fourth-order valence-corrected chi connectivity index (χ4v) is 4.94. The molecule has 2 aromatic rings. The molecule has 0 N–H and O–H groups in total. The van der Waals surface area contributed by atoms with E-state index < -0.39 is 0 Å². The normalized spacial score (nSPS) is 19.0. The molecular formula is C16H19ClN4O2S. The number of amides is 1. The Kier molecular flexibility index (Phi) is 4.67. The highest BCUT2D eigenvalue weighted by Gasteiger charge is 2.24. The van der Waals surface area contributed by atoms with Gasteiger partial charge in [0.2, 0.25) is 5.91 Å². The molecule has 8 heteroatoms. The molecule has 2 aromatic heterocycles. The molecule has 128 valence electrons. The van der Waals surface area contributed by atoms with E-state index in [1.807, 2.05) is 4.90 Å². The van der Waals surface area contributed by atoms with Crippen LogP contribution in [0.3, 0.4) is 0 Å². The van der Waals surface area contributed by atoms with E-state index in [1.54, 1.807) is 11.3 Å². The second-order valence-corrected chi connectivity index (χ2v) is 7.60. The van der Waals surface area contributed by atoms with E-state index in [9.17, 15) is 4.79 Å². The lowest BCUT2D eigenvalue weighted by molar-refractivity contribution is -0.142. The summed E-state index contributed by atoms with van der Waals surface area (Å²) in [5.74, 6) is 0.111. The summed E-state index contributed by atoms with van der Waals surface area (Å²) in [5, 5.41) is 1.61. The Morgan fingerprint density at radius 2 is 2.21 bits per heavy atom. The van der Waals surface area contributed by atoms with Crippen LogP contribution in [-0.2, 0) is 22.5 Å². The monoisotopic (exact) mass is 366 g/mol. The number of ether oxygens (including phenoxy) is 1. The Balaban J connectivity index is 1.37. The SMILES string of the molecule is O=C1COCCN1CCCN1CCc2c(sc3ncnc(Cl)c23)C1. The van der Waals surface area contributed by atoms with E-state index in [2.05, 4.69) is 14.9 Å². The first-order chi connectivity index (χ1) is 11.7. The summed E-state index contributed by atoms with van der Waals surface area (Å²) in [5.41, 5.74) is 1.32. The number of fused-ring (bicyclic) bond motifs is 3. The number of aromatic nitrogens is 2. The van der Waals surface area contributed by atoms with Gasteiger partial charge >= 0.3 is 0 Å². The fourth-order valence-electron chi connectivity index (χ4n) is 3.40. The molecule has 24 heavy (non-hydrogen) atoms. The molecule has 0 radical (unpaired) electrons. The van der Waals surface area contributed by atoms with Gasteiger partial charge in [0.15, 0.2) is 0 Å². The molecule has 0 aromatic carbocycles. The molecule has 0 atom stereocenters. The van der Waals surface area contributed by atoms with Crippen molar-refractivity contribution in [2.45, 2.75) is 19.4 Å². The third-order valence-corrected chi connectivity index (χ3v) is 6.07. The molecule has 2 aliphatic heterocycles. The van der Waals surface area contributed by atoms with Crippen molar-refractivity contribution in [1.29, 1.82) is 0 Å². The van der Waals surface area contributed by atoms with Crippen molar-refractivity contribution in [3.05, 3.63) is 21.9 Å². The maximum Gasteiger partial charge on any atom is 0.248 e. The first kappa shape index (κ1) is 16.2. The summed E-state index contributed by atoms with van der Waals surface area (Å²) in [6.07, 6.45) is 3.51. The lowest BCUT2D eigenvalue weighted by atomic mass is 10.1. The van der Waals surface area contributed by atoms with Gasteiger partial charge in [-0.25, -0.2) is 9.97 Å². The van der Waals surface area contributed by atoms with Gasteiger partial charge in [-0.3, -0.25) is 9.69 Å². The molecule has 1 fully saturated rings. The second-order valence-electron chi connectivity index (χ2n) is 6.16. The predicted octanol–water partition coefficient (Wildman–Crippen LogP) is 1.95. The zero-order valence-electron chi connectivity index (χ0n) is 13.3. The van der Waals surface area contributed by atoms with E-state index in [4.69, 9.17) is 16.3 Å². The van der Waals surface area contributed by atoms with Crippen LogP contribution < -0.4 is 0 Å². The lowest BCUT2D eigenvalue weighted by Crippen LogP contribution is -2.43. The van der Waals surface area contributed by atoms with Crippen LogP contribution in [0.1, 0.15) is 16.9 Å². The molecule has 0 spiro atoms. The number of carbonyl (C=O) groups excluding carboxylic acids is 1. The number of thiophene rings is 1. The number of hydrogen-bond acceptors (Lipinski definition) is 6. The fraction of sp³-hybridized carbons (Fsp3) is 0.562. The Morgan fingerprint density at radius 3 is 3.08 bits per heavy atom. The van der Waals surface area contributed by atoms with Gasteiger partial charge < -0.3 is 9.64 Å². The summed E-state index contributed by atoms with van der Waals surface area (Å²) in [7, 11) is 0. The van der Waals surface area contributed by atoms with Crippen LogP contribution in [-0.4, -0.2) is 65.1 Å². The second kappa shape index (κ2) is 6.92. The first-order valence-corrected chi connectivity index (χ1v) is 9.40. The molecule has 0 saturated carbocycles. The summed E-state index contributed by atoms with van der Waals surface area (Å²) >= 11 is 7.97. The summed E-state index contributed by atoms with van der Waals surface area (Å²) < 4.78 is 5.16. The van der Waals surface area contributed by atoms with Crippen molar-refractivity contribution in [3.63, 3.8) is 0 Å². The van der Waals surface area contributed by atoms with Crippen LogP contribution in [0.5, 0.6) is 0 Å². The maximum atomic E-state index is 11.7. The highest BCUT2D eigenvalue weighted by atomic mass is 35.5. The molecular weight excluding hydrogens is 348 g/mol. The van der Waals surface area contributed by atoms with E-state index >= 15 is 0 Å². The Labute approximate surface area is 149 Å². The highest BCUT2D eigenvalue weighted by Crippen LogP contribution is 2.36. The van der Waals surface area contributed by atoms with Crippen LogP contribution in [0.25, 0.3) is 10.2 Å². The minimum Gasteiger partial charge on any atom is -0.370 e. The minimum atomic E-state index is 0.111. The summed E-state index contributed by atoms with van der Waals surface area (Å²) in [6, 6.07) is 0. The summed E-state index contributed by atoms with van der Waals surface area (Å²) in [4.78, 5) is 26.9. The van der Waals surface area contributed by atoms with Crippen LogP contribution in [0.2, 0.25) is 5.15 Å². The van der Waals surface area contributed by atoms with E-state index in [-0.39, 0.29) is 12.5 Å². The van der Waals surface area contributed by atoms with Crippen LogP contribution in [0.15, 0.2) is 6.33 Å². The number of rotatable bonds is 4. The number of halogens is 1. The number of hydrogen-bond donors (Lipinski definition) is 0. The largest absolute Gasteiger partial charge is 0.370 e. The van der Waals surface area contributed by atoms with Crippen molar-refractivity contribution < 1.29 is 9.53 Å². The molecule has 4 heterocycles. The molecule has 6 nitrogen and oxygen atoms in total. The molecule has 4 rings (SSSR count). The predicted molar refractivity (Wildman–Crippen MR) is 93.4 cm³/mol. The maximum absolute atomic E-state index is 11.7. The van der Waals surface area contributed by atoms with Gasteiger partial charge in [0.1, 0.15) is 22.9 Å². The van der Waals surface area contributed by atoms with E-state index in [1.165, 1.54) is 16.8 Å². The Bertz CT molecular complexity index is 766. The molecule has 1 saturated heterocycles. The molecule has 0 bridgehead atoms. The van der Waals surface area contributed by atoms with Crippen molar-refractivity contribution in [1.82, 2.24) is 19.8 Å². The lowest BCUT2D eigenvalue weighted by Gasteiger charge is -2.30. The molecule has 1 amide bonds. The quantitative estimate of drug-likeness (QED) is 0.774. The van der Waals surface area contributed by atoms with Gasteiger partial charge in [0, 0.05) is 37.6 Å². The van der Waals surface area contributed by atoms with Crippen LogP contribution >= 0.6 is 22.9 Å². The van der Waals surface area contributed by atoms with Gasteiger partial charge in [0.05, 0.1) is 12.0 Å². The van der Waals surface area contributed by atoms with E-state index in [0.717, 1.165) is 55.8 Å². The standard InChI is InChI=1S/C16H19ClN4O2S/c17-15-14-11-2-5-20(8-12(11)24-16(14)19-10-18-15)3-1-4-21-6-7-23-9-13(21)22/h10H,1-9H2. The van der Waals surface area contributed by atoms with E-state index in [0.29, 0.717) is 11.8 Å². The Hall–Kier alpha value is -1.28. The van der Waals surface area contributed by atoms with Crippen molar-refractivity contribution in [2.24, 2.45) is 0 Å². The third-order valence-electron chi connectivity index (χ3n) is 4.66. The Morgan fingerprint density at radius 1 is 1.29 bits per heavy atom. The van der Waals surface area contributed by atoms with Crippen molar-refractivity contribution >= 4 is 39.1 Å². The van der Waals surface area contributed by atoms with Crippen LogP contribution in [0, 0.1) is 0 Å². The topological polar surface area (TPSA) is 58.6 Å². The van der Waals surface area contributed by atoms with Gasteiger partial charge in [-0.05, 0) is 18.4 Å². The number of nitrogens with zero attached hydrogens (tertiary/aromatic N) is 4. The van der Waals surface area contributed by atoms with Crippen molar-refractivity contribution in [3.8, 4) is 0 Å². The van der Waals surface area contributed by atoms with Gasteiger partial charge in [-0.15, -0.1) is 11.3 Å². The summed E-state index contributed by atoms with van der Waals surface area (Å²) in [6.45, 7) is 5.37. The van der Waals surface area contributed by atoms with Crippen molar-refractivity contribution in [2.75, 3.05) is 39.4 Å². The smallest absolute Gasteiger partial charge is 0.248 e. The third kappa shape index (κ3) is 3.13. The highest BCUT2D eigenvalue weighted by molar-refractivity contribution is 7.19. The molecule has 0 aliphatic carbocycles. The average molecular weight is 367 g/mol. The minimum absolute atomic E-state index is 0.111. The van der Waals surface area contributed by atoms with Gasteiger partial charge in [-0.2, -0.15) is 0 Å². The zero-order chi connectivity index (χ0) is 16.5. The number of carbonyl (C=O) groups is 1. The average Bonchev–Trinajstić information content (AvgIpc) is 2.95. The number of morpholine rings is 1. The van der Waals surface area contributed by atoms with Crippen LogP contribution in [0.4, 0.5) is 0 Å². The van der Waals surface area contributed by atoms with Gasteiger partial charge in [-0.1, -0.05) is 11.6 Å². The molecule has 0 unspecified atom stereocenters. The first-order valence-electron chi connectivity index (χ1n) is 8.21. The zero-order valence-corrected chi connectivity index (χ0v) is 14.9. The molecule has 2 aliphatic rings.